The smallest absolute Gasteiger partial charge is 0.400 e. The first-order valence-electron chi connectivity index (χ1n) is 6.69. The Kier molecular flexibility index (Phi) is 34.2. The molecule has 0 saturated heterocycles. The third-order valence-electron chi connectivity index (χ3n) is 2.42. The minimum atomic E-state index is 0. The molecule has 5 heteroatoms. The molecular formula is C17H32N2O2Ti. The SMILES string of the molecule is C=Cc1ccccc1CNCCNCC[CH2-].CO.CO.[CH3-].[Ti+2]. The summed E-state index contributed by atoms with van der Waals surface area (Å²) in [5.74, 6) is 0. The van der Waals surface area contributed by atoms with E-state index in [1.165, 1.54) is 11.1 Å². The fourth-order valence-electron chi connectivity index (χ4n) is 1.54. The van der Waals surface area contributed by atoms with Crippen LogP contribution in [-0.4, -0.2) is 44.1 Å². The number of aliphatic hydroxyl groups is 2. The first-order chi connectivity index (χ1) is 9.88. The van der Waals surface area contributed by atoms with Crippen LogP contribution in [0.5, 0.6) is 0 Å². The van der Waals surface area contributed by atoms with E-state index >= 15 is 0 Å². The summed E-state index contributed by atoms with van der Waals surface area (Å²) in [5.41, 5.74) is 2.51. The molecule has 0 heterocycles. The Labute approximate surface area is 151 Å². The quantitative estimate of drug-likeness (QED) is 0.330. The molecule has 1 aromatic carbocycles. The van der Waals surface area contributed by atoms with Gasteiger partial charge in [-0.15, -0.1) is 0 Å². The molecule has 22 heavy (non-hydrogen) atoms. The molecule has 0 spiro atoms. The van der Waals surface area contributed by atoms with Gasteiger partial charge in [-0.1, -0.05) is 36.9 Å². The van der Waals surface area contributed by atoms with Crippen LogP contribution in [0.25, 0.3) is 6.08 Å². The van der Waals surface area contributed by atoms with Crippen LogP contribution in [0.15, 0.2) is 30.8 Å². The largest absolute Gasteiger partial charge is 2.00 e. The van der Waals surface area contributed by atoms with Crippen molar-refractivity contribution in [3.63, 3.8) is 0 Å². The predicted molar refractivity (Wildman–Crippen MR) is 93.8 cm³/mol. The van der Waals surface area contributed by atoms with E-state index in [2.05, 4.69) is 42.3 Å². The molecule has 0 aliphatic rings. The Hall–Kier alpha value is -0.486. The second-order valence-corrected chi connectivity index (χ2v) is 3.68. The van der Waals surface area contributed by atoms with Crippen LogP contribution in [0.3, 0.4) is 0 Å². The van der Waals surface area contributed by atoms with Gasteiger partial charge >= 0.3 is 21.7 Å². The second-order valence-electron chi connectivity index (χ2n) is 3.68. The molecule has 0 unspecified atom stereocenters. The van der Waals surface area contributed by atoms with Crippen LogP contribution >= 0.6 is 0 Å². The number of nitrogens with one attached hydrogen (secondary N) is 2. The number of aliphatic hydroxyl groups excluding tert-OH is 2. The van der Waals surface area contributed by atoms with E-state index in [-0.39, 0.29) is 29.1 Å². The first-order valence-corrected chi connectivity index (χ1v) is 6.69. The van der Waals surface area contributed by atoms with Crippen LogP contribution < -0.4 is 10.6 Å². The number of hydrogen-bond acceptors (Lipinski definition) is 4. The van der Waals surface area contributed by atoms with Crippen molar-refractivity contribution < 1.29 is 31.9 Å². The van der Waals surface area contributed by atoms with Gasteiger partial charge < -0.3 is 35.2 Å². The van der Waals surface area contributed by atoms with E-state index in [9.17, 15) is 0 Å². The van der Waals surface area contributed by atoms with Gasteiger partial charge in [0.15, 0.2) is 0 Å². The van der Waals surface area contributed by atoms with Crippen LogP contribution in [0.4, 0.5) is 0 Å². The summed E-state index contributed by atoms with van der Waals surface area (Å²) in [7, 11) is 2.00. The van der Waals surface area contributed by atoms with Gasteiger partial charge in [-0.3, -0.25) is 0 Å². The third-order valence-corrected chi connectivity index (χ3v) is 2.42. The van der Waals surface area contributed by atoms with Gasteiger partial charge in [0.25, 0.3) is 0 Å². The summed E-state index contributed by atoms with van der Waals surface area (Å²) in [5, 5.41) is 20.7. The van der Waals surface area contributed by atoms with E-state index < -0.39 is 0 Å². The van der Waals surface area contributed by atoms with Crippen molar-refractivity contribution in [2.45, 2.75) is 13.0 Å². The molecule has 1 rings (SSSR count). The van der Waals surface area contributed by atoms with Gasteiger partial charge in [0.2, 0.25) is 0 Å². The Morgan fingerprint density at radius 3 is 2.14 bits per heavy atom. The molecule has 0 aromatic heterocycles. The van der Waals surface area contributed by atoms with Crippen molar-refractivity contribution in [2.75, 3.05) is 33.9 Å². The molecular weight excluding hydrogens is 312 g/mol. The van der Waals surface area contributed by atoms with Gasteiger partial charge in [0, 0.05) is 33.9 Å². The van der Waals surface area contributed by atoms with Crippen molar-refractivity contribution in [3.05, 3.63) is 56.3 Å². The van der Waals surface area contributed by atoms with Crippen molar-refractivity contribution in [2.24, 2.45) is 0 Å². The van der Waals surface area contributed by atoms with Gasteiger partial charge in [-0.25, -0.2) is 0 Å². The van der Waals surface area contributed by atoms with Crippen molar-refractivity contribution in [1.29, 1.82) is 0 Å². The van der Waals surface area contributed by atoms with Crippen molar-refractivity contribution >= 4 is 6.08 Å². The van der Waals surface area contributed by atoms with Crippen LogP contribution in [0.2, 0.25) is 0 Å². The summed E-state index contributed by atoms with van der Waals surface area (Å²) in [6.45, 7) is 11.5. The van der Waals surface area contributed by atoms with E-state index in [0.717, 1.165) is 46.8 Å². The monoisotopic (exact) mass is 344 g/mol. The molecule has 0 aliphatic carbocycles. The van der Waals surface area contributed by atoms with Crippen LogP contribution in [0, 0.1) is 14.4 Å². The summed E-state index contributed by atoms with van der Waals surface area (Å²) in [6.07, 6.45) is 2.84. The van der Waals surface area contributed by atoms with Gasteiger partial charge in [-0.2, -0.15) is 6.42 Å². The molecule has 126 valence electrons. The summed E-state index contributed by atoms with van der Waals surface area (Å²) in [6, 6.07) is 8.32. The minimum Gasteiger partial charge on any atom is -0.400 e. The van der Waals surface area contributed by atoms with Gasteiger partial charge in [0.1, 0.15) is 0 Å². The summed E-state index contributed by atoms with van der Waals surface area (Å²) >= 11 is 0. The second kappa shape index (κ2) is 25.5. The van der Waals surface area contributed by atoms with Gasteiger partial charge in [0.05, 0.1) is 0 Å². The van der Waals surface area contributed by atoms with E-state index in [4.69, 9.17) is 10.2 Å². The molecule has 0 atom stereocenters. The molecule has 4 N–H and O–H groups in total. The minimum absolute atomic E-state index is 0. The normalized spacial score (nSPS) is 8.05. The van der Waals surface area contributed by atoms with Crippen LogP contribution in [0.1, 0.15) is 17.5 Å². The third kappa shape index (κ3) is 15.9. The first kappa shape index (κ1) is 29.5. The number of benzene rings is 1. The molecule has 0 aliphatic heterocycles. The fraction of sp³-hybridized carbons (Fsp3) is 0.412. The Morgan fingerprint density at radius 1 is 1.05 bits per heavy atom. The van der Waals surface area contributed by atoms with E-state index in [1.54, 1.807) is 0 Å². The topological polar surface area (TPSA) is 64.5 Å². The summed E-state index contributed by atoms with van der Waals surface area (Å²) in [4.78, 5) is 0. The molecule has 1 aromatic rings. The maximum absolute atomic E-state index is 7.00. The average Bonchev–Trinajstić information content (AvgIpc) is 2.55. The maximum atomic E-state index is 7.00. The fourth-order valence-corrected chi connectivity index (χ4v) is 1.54. The molecule has 0 fully saturated rings. The van der Waals surface area contributed by atoms with E-state index in [1.807, 2.05) is 12.1 Å². The molecule has 0 amide bonds. The van der Waals surface area contributed by atoms with Crippen molar-refractivity contribution in [1.82, 2.24) is 10.6 Å². The van der Waals surface area contributed by atoms with E-state index in [0.29, 0.717) is 0 Å². The molecule has 0 saturated carbocycles. The number of rotatable bonds is 8. The maximum Gasteiger partial charge on any atom is 2.00 e. The predicted octanol–water partition coefficient (Wildman–Crippen LogP) is 1.90. The molecule has 4 nitrogen and oxygen atoms in total. The Morgan fingerprint density at radius 2 is 1.59 bits per heavy atom. The Balaban J connectivity index is -0.000000249. The average molecular weight is 344 g/mol. The standard InChI is InChI=1S/C14H21N2.2CH4O.CH3.Ti/c1-3-9-15-10-11-16-12-14-8-6-5-7-13(14)4-2;2*1-2;;/h4-8,15-16H,1-3,9-12H2;2*2H,1H3;1H3;/q-1;;;-1;+2. The van der Waals surface area contributed by atoms with Gasteiger partial charge in [-0.05, 0) is 17.7 Å². The zero-order valence-electron chi connectivity index (χ0n) is 14.2. The summed E-state index contributed by atoms with van der Waals surface area (Å²) < 4.78 is 0. The van der Waals surface area contributed by atoms with Crippen LogP contribution in [-0.2, 0) is 28.3 Å². The Bertz CT molecular complexity index is 323. The zero-order chi connectivity index (χ0) is 15.6. The zero-order valence-corrected chi connectivity index (χ0v) is 15.8. The van der Waals surface area contributed by atoms with Crippen molar-refractivity contribution in [3.8, 4) is 0 Å². The molecule has 0 radical (unpaired) electrons. The number of hydrogen-bond donors (Lipinski definition) is 4. The molecule has 0 bridgehead atoms.